The summed E-state index contributed by atoms with van der Waals surface area (Å²) in [7, 11) is 1.55. The van der Waals surface area contributed by atoms with Crippen molar-refractivity contribution < 1.29 is 33.0 Å². The minimum atomic E-state index is -1.02. The number of hydrogen-bond donors (Lipinski definition) is 3. The molecule has 4 aromatic rings. The Morgan fingerprint density at radius 3 is 2.45 bits per heavy atom. The van der Waals surface area contributed by atoms with Gasteiger partial charge < -0.3 is 35.1 Å². The van der Waals surface area contributed by atoms with Gasteiger partial charge in [-0.3, -0.25) is 19.4 Å². The SMILES string of the molecule is COc1cc2c(Oc3ccc(NC(=O)C(=O)NC(Cc4ccccc4)C(=O)N4CCCC4)cc3F)ccnc2cc1OCC1CCNCC1. The van der Waals surface area contributed by atoms with Crippen molar-refractivity contribution in [2.75, 3.05) is 45.2 Å². The van der Waals surface area contributed by atoms with E-state index in [1.807, 2.05) is 30.3 Å². The van der Waals surface area contributed by atoms with Gasteiger partial charge >= 0.3 is 11.8 Å². The fourth-order valence-corrected chi connectivity index (χ4v) is 6.15. The summed E-state index contributed by atoms with van der Waals surface area (Å²) in [5.74, 6) is -1.24. The molecule has 49 heavy (non-hydrogen) atoms. The van der Waals surface area contributed by atoms with Gasteiger partial charge in [-0.15, -0.1) is 0 Å². The van der Waals surface area contributed by atoms with Crippen LogP contribution in [-0.4, -0.2) is 73.5 Å². The average molecular weight is 670 g/mol. The minimum absolute atomic E-state index is 0.0484. The van der Waals surface area contributed by atoms with Crippen LogP contribution < -0.4 is 30.2 Å². The van der Waals surface area contributed by atoms with Gasteiger partial charge in [0.2, 0.25) is 5.91 Å². The molecule has 0 saturated carbocycles. The number of amides is 3. The highest BCUT2D eigenvalue weighted by Gasteiger charge is 2.30. The van der Waals surface area contributed by atoms with E-state index in [1.54, 1.807) is 36.4 Å². The number of methoxy groups -OCH3 is 1. The highest BCUT2D eigenvalue weighted by Crippen LogP contribution is 2.38. The molecule has 0 aliphatic carbocycles. The van der Waals surface area contributed by atoms with Crippen molar-refractivity contribution in [1.29, 1.82) is 0 Å². The van der Waals surface area contributed by atoms with Crippen LogP contribution in [0.3, 0.4) is 0 Å². The number of aromatic nitrogens is 1. The number of likely N-dealkylation sites (tertiary alicyclic amines) is 1. The number of carbonyl (C=O) groups is 3. The zero-order valence-electron chi connectivity index (χ0n) is 27.4. The maximum atomic E-state index is 15.3. The summed E-state index contributed by atoms with van der Waals surface area (Å²) < 4.78 is 33.0. The Bertz CT molecular complexity index is 1790. The molecule has 1 atom stereocenters. The number of pyridine rings is 1. The van der Waals surface area contributed by atoms with E-state index in [0.717, 1.165) is 50.4 Å². The van der Waals surface area contributed by atoms with Crippen molar-refractivity contribution in [2.45, 2.75) is 38.1 Å². The number of ether oxygens (including phenoxy) is 3. The number of piperidine rings is 1. The molecule has 0 spiro atoms. The fraction of sp³-hybridized carbons (Fsp3) is 0.351. The molecule has 2 saturated heterocycles. The Morgan fingerprint density at radius 2 is 1.71 bits per heavy atom. The second kappa shape index (κ2) is 15.8. The van der Waals surface area contributed by atoms with E-state index in [1.165, 1.54) is 12.1 Å². The summed E-state index contributed by atoms with van der Waals surface area (Å²) in [5.41, 5.74) is 1.48. The number of hydrogen-bond acceptors (Lipinski definition) is 8. The van der Waals surface area contributed by atoms with E-state index in [2.05, 4.69) is 20.9 Å². The predicted octanol–water partition coefficient (Wildman–Crippen LogP) is 4.84. The van der Waals surface area contributed by atoms with Crippen molar-refractivity contribution in [1.82, 2.24) is 20.5 Å². The number of benzene rings is 3. The molecule has 3 aromatic carbocycles. The van der Waals surface area contributed by atoms with Crippen molar-refractivity contribution in [3.8, 4) is 23.0 Å². The molecular formula is C37H40FN5O6. The van der Waals surface area contributed by atoms with Crippen LogP contribution in [0.2, 0.25) is 0 Å². The molecule has 12 heteroatoms. The molecule has 2 fully saturated rings. The number of carbonyl (C=O) groups excluding carboxylic acids is 3. The lowest BCUT2D eigenvalue weighted by Gasteiger charge is -2.24. The van der Waals surface area contributed by atoms with Gasteiger partial charge in [0.15, 0.2) is 23.1 Å². The molecule has 2 aliphatic heterocycles. The van der Waals surface area contributed by atoms with Gasteiger partial charge in [0.25, 0.3) is 0 Å². The topological polar surface area (TPSA) is 131 Å². The van der Waals surface area contributed by atoms with Crippen molar-refractivity contribution >= 4 is 34.3 Å². The summed E-state index contributed by atoms with van der Waals surface area (Å²) in [6, 6.07) is 17.4. The lowest BCUT2D eigenvalue weighted by Crippen LogP contribution is -2.51. The smallest absolute Gasteiger partial charge is 0.313 e. The molecule has 3 heterocycles. The van der Waals surface area contributed by atoms with Gasteiger partial charge in [0.1, 0.15) is 11.8 Å². The van der Waals surface area contributed by atoms with E-state index in [4.69, 9.17) is 14.2 Å². The van der Waals surface area contributed by atoms with Crippen LogP contribution in [0.15, 0.2) is 72.9 Å². The summed E-state index contributed by atoms with van der Waals surface area (Å²) in [6.45, 7) is 3.73. The zero-order chi connectivity index (χ0) is 34.2. The Kier molecular flexibility index (Phi) is 10.8. The molecule has 256 valence electrons. The van der Waals surface area contributed by atoms with Crippen molar-refractivity contribution in [3.63, 3.8) is 0 Å². The van der Waals surface area contributed by atoms with E-state index < -0.39 is 23.7 Å². The normalized spacial score (nSPS) is 15.4. The third-order valence-corrected chi connectivity index (χ3v) is 8.84. The summed E-state index contributed by atoms with van der Waals surface area (Å²) in [4.78, 5) is 45.2. The van der Waals surface area contributed by atoms with Crippen molar-refractivity contribution in [2.24, 2.45) is 5.92 Å². The highest BCUT2D eigenvalue weighted by molar-refractivity contribution is 6.40. The second-order valence-electron chi connectivity index (χ2n) is 12.3. The van der Waals surface area contributed by atoms with E-state index in [9.17, 15) is 14.4 Å². The minimum Gasteiger partial charge on any atom is -0.493 e. The van der Waals surface area contributed by atoms with Crippen LogP contribution in [0.1, 0.15) is 31.2 Å². The number of nitrogens with one attached hydrogen (secondary N) is 3. The highest BCUT2D eigenvalue weighted by atomic mass is 19.1. The van der Waals surface area contributed by atoms with Gasteiger partial charge in [-0.1, -0.05) is 30.3 Å². The van der Waals surface area contributed by atoms with Gasteiger partial charge in [0.05, 0.1) is 19.2 Å². The summed E-state index contributed by atoms with van der Waals surface area (Å²) in [5, 5.41) is 8.96. The van der Waals surface area contributed by atoms with Crippen LogP contribution in [0.5, 0.6) is 23.0 Å². The number of rotatable bonds is 11. The monoisotopic (exact) mass is 669 g/mol. The summed E-state index contributed by atoms with van der Waals surface area (Å²) >= 11 is 0. The first-order valence-electron chi connectivity index (χ1n) is 16.6. The first-order valence-corrected chi connectivity index (χ1v) is 16.6. The molecule has 1 aromatic heterocycles. The van der Waals surface area contributed by atoms with E-state index in [-0.39, 0.29) is 23.8 Å². The van der Waals surface area contributed by atoms with Crippen LogP contribution in [0, 0.1) is 11.7 Å². The Labute approximate surface area is 284 Å². The molecular weight excluding hydrogens is 629 g/mol. The van der Waals surface area contributed by atoms with Gasteiger partial charge in [-0.05, 0) is 74.5 Å². The molecule has 0 bridgehead atoms. The molecule has 6 rings (SSSR count). The Hall–Kier alpha value is -5.23. The molecule has 3 N–H and O–H groups in total. The first-order chi connectivity index (χ1) is 23.9. The molecule has 11 nitrogen and oxygen atoms in total. The van der Waals surface area contributed by atoms with E-state index in [0.29, 0.717) is 53.8 Å². The van der Waals surface area contributed by atoms with Gasteiger partial charge in [-0.2, -0.15) is 0 Å². The second-order valence-corrected chi connectivity index (χ2v) is 12.3. The Morgan fingerprint density at radius 1 is 0.939 bits per heavy atom. The number of halogens is 1. The van der Waals surface area contributed by atoms with Crippen molar-refractivity contribution in [3.05, 3.63) is 84.3 Å². The van der Waals surface area contributed by atoms with Crippen LogP contribution in [0.25, 0.3) is 10.9 Å². The first kappa shape index (κ1) is 33.7. The molecule has 2 aliphatic rings. The lowest BCUT2D eigenvalue weighted by atomic mass is 9.99. The standard InChI is InChI=1S/C37H40FN5O6/c1-47-33-21-27-29(22-34(33)48-23-25-11-14-39-15-12-25)40-16-13-31(27)49-32-10-9-26(20-28(32)38)41-35(44)36(45)42-30(19-24-7-3-2-4-8-24)37(46)43-17-5-6-18-43/h2-4,7-10,13,16,20-22,25,30,39H,5-6,11-12,14-15,17-19,23H2,1H3,(H,41,44)(H,42,45). The molecule has 0 radical (unpaired) electrons. The summed E-state index contributed by atoms with van der Waals surface area (Å²) in [6.07, 6.45) is 5.67. The maximum Gasteiger partial charge on any atom is 0.313 e. The van der Waals surface area contributed by atoms with Crippen LogP contribution >= 0.6 is 0 Å². The number of nitrogens with zero attached hydrogens (tertiary/aromatic N) is 2. The lowest BCUT2D eigenvalue weighted by molar-refractivity contribution is -0.140. The predicted molar refractivity (Wildman–Crippen MR) is 182 cm³/mol. The number of anilines is 1. The zero-order valence-corrected chi connectivity index (χ0v) is 27.4. The average Bonchev–Trinajstić information content (AvgIpc) is 3.67. The van der Waals surface area contributed by atoms with Crippen LogP contribution in [0.4, 0.5) is 10.1 Å². The molecule has 1 unspecified atom stereocenters. The van der Waals surface area contributed by atoms with Gasteiger partial charge in [-0.25, -0.2) is 4.39 Å². The maximum absolute atomic E-state index is 15.3. The molecule has 3 amide bonds. The van der Waals surface area contributed by atoms with Gasteiger partial charge in [0, 0.05) is 48.9 Å². The third-order valence-electron chi connectivity index (χ3n) is 8.84. The third kappa shape index (κ3) is 8.44. The Balaban J connectivity index is 1.11. The quantitative estimate of drug-likeness (QED) is 0.194. The van der Waals surface area contributed by atoms with E-state index >= 15 is 4.39 Å². The largest absolute Gasteiger partial charge is 0.493 e. The fourth-order valence-electron chi connectivity index (χ4n) is 6.15. The number of fused-ring (bicyclic) bond motifs is 1. The van der Waals surface area contributed by atoms with Crippen LogP contribution in [-0.2, 0) is 20.8 Å².